The minimum absolute atomic E-state index is 0.278. The lowest BCUT2D eigenvalue weighted by molar-refractivity contribution is -0.161. The van der Waals surface area contributed by atoms with Crippen LogP contribution in [-0.2, 0) is 17.1 Å². The van der Waals surface area contributed by atoms with Gasteiger partial charge in [0.15, 0.2) is 5.72 Å². The minimum atomic E-state index is -4.42. The Morgan fingerprint density at radius 3 is 2.78 bits per heavy atom. The summed E-state index contributed by atoms with van der Waals surface area (Å²) in [7, 11) is 1.51. The average Bonchev–Trinajstić information content (AvgIpc) is 2.44. The number of fused-ring (bicyclic) bond motifs is 1. The summed E-state index contributed by atoms with van der Waals surface area (Å²) in [5.41, 5.74) is 8.19. The fraction of sp³-hybridized carbons (Fsp3) is 0.571. The van der Waals surface area contributed by atoms with E-state index in [2.05, 4.69) is 10.0 Å². The molecular weight excluding hydrogens is 313 g/mol. The highest BCUT2D eigenvalue weighted by Gasteiger charge is 2.44. The number of alkyl halides is 3. The first-order valence-corrected chi connectivity index (χ1v) is 6.92. The van der Waals surface area contributed by atoms with E-state index >= 15 is 0 Å². The number of benzene rings is 1. The number of nitrogens with zero attached hydrogens (tertiary/aromatic N) is 4. The molecule has 9 heteroatoms. The highest BCUT2D eigenvalue weighted by atomic mass is 19.4. The van der Waals surface area contributed by atoms with Crippen molar-refractivity contribution in [1.29, 1.82) is 0 Å². The van der Waals surface area contributed by atoms with Crippen molar-refractivity contribution in [2.24, 2.45) is 5.11 Å². The molecule has 0 aliphatic carbocycles. The molecule has 1 N–H and O–H groups in total. The van der Waals surface area contributed by atoms with Gasteiger partial charge in [-0.1, -0.05) is 23.3 Å². The predicted molar refractivity (Wildman–Crippen MR) is 76.2 cm³/mol. The molecule has 1 aliphatic heterocycles. The largest absolute Gasteiger partial charge is 0.401 e. The van der Waals surface area contributed by atoms with E-state index < -0.39 is 31.0 Å². The molecule has 1 heterocycles. The van der Waals surface area contributed by atoms with E-state index in [-0.39, 0.29) is 6.61 Å². The molecule has 0 saturated carbocycles. The first-order chi connectivity index (χ1) is 10.7. The van der Waals surface area contributed by atoms with Gasteiger partial charge in [0.25, 0.3) is 0 Å². The number of hydrogen-bond acceptors (Lipinski definition) is 4. The monoisotopic (exact) mass is 330 g/mol. The van der Waals surface area contributed by atoms with Gasteiger partial charge in [0.2, 0.25) is 0 Å². The lowest BCUT2D eigenvalue weighted by Crippen LogP contribution is -2.49. The van der Waals surface area contributed by atoms with Crippen LogP contribution in [0.3, 0.4) is 0 Å². The Balaban J connectivity index is 2.50. The molecule has 0 radical (unpaired) electrons. The third kappa shape index (κ3) is 3.76. The van der Waals surface area contributed by atoms with E-state index in [4.69, 9.17) is 10.3 Å². The molecular formula is C14H17F3N4O2. The maximum atomic E-state index is 12.7. The van der Waals surface area contributed by atoms with Gasteiger partial charge in [0.1, 0.15) is 0 Å². The predicted octanol–water partition coefficient (Wildman–Crippen LogP) is 3.23. The SMILES string of the molecule is COCc1ccc2c(c1)C(O)(N=[N+]=[N-])CN(CC(F)(F)F)C2C. The number of rotatable bonds is 4. The number of azide groups is 1. The Hall–Kier alpha value is -1.80. The van der Waals surface area contributed by atoms with E-state index in [1.165, 1.54) is 7.11 Å². The van der Waals surface area contributed by atoms with E-state index in [1.54, 1.807) is 25.1 Å². The molecule has 1 aliphatic rings. The van der Waals surface area contributed by atoms with Gasteiger partial charge in [-0.3, -0.25) is 4.90 Å². The van der Waals surface area contributed by atoms with Crippen LogP contribution in [0.2, 0.25) is 0 Å². The summed E-state index contributed by atoms with van der Waals surface area (Å²) in [6, 6.07) is 4.38. The van der Waals surface area contributed by atoms with Gasteiger partial charge < -0.3 is 9.84 Å². The number of halogens is 3. The Bertz CT molecular complexity index is 631. The van der Waals surface area contributed by atoms with E-state index in [1.807, 2.05) is 0 Å². The van der Waals surface area contributed by atoms with Gasteiger partial charge in [0.05, 0.1) is 13.2 Å². The molecule has 0 fully saturated rings. The molecule has 1 aromatic carbocycles. The van der Waals surface area contributed by atoms with Crippen molar-refractivity contribution in [3.05, 3.63) is 45.3 Å². The second kappa shape index (κ2) is 6.37. The maximum absolute atomic E-state index is 12.7. The van der Waals surface area contributed by atoms with E-state index in [0.29, 0.717) is 11.1 Å². The summed E-state index contributed by atoms with van der Waals surface area (Å²) in [5, 5.41) is 14.0. The second-order valence-corrected chi connectivity index (χ2v) is 5.56. The summed E-state index contributed by atoms with van der Waals surface area (Å²) in [4.78, 5) is 3.65. The van der Waals surface area contributed by atoms with Crippen molar-refractivity contribution < 1.29 is 23.0 Å². The summed E-state index contributed by atoms with van der Waals surface area (Å²) in [5.74, 6) is 0. The highest BCUT2D eigenvalue weighted by molar-refractivity contribution is 5.40. The molecule has 2 rings (SSSR count). The van der Waals surface area contributed by atoms with Crippen molar-refractivity contribution >= 4 is 0 Å². The molecule has 2 atom stereocenters. The van der Waals surface area contributed by atoms with Crippen LogP contribution in [0.15, 0.2) is 23.3 Å². The molecule has 126 valence electrons. The van der Waals surface area contributed by atoms with Gasteiger partial charge in [0, 0.05) is 24.6 Å². The van der Waals surface area contributed by atoms with Crippen molar-refractivity contribution in [3.8, 4) is 0 Å². The summed E-state index contributed by atoms with van der Waals surface area (Å²) >= 11 is 0. The van der Waals surface area contributed by atoms with Crippen molar-refractivity contribution in [1.82, 2.24) is 4.90 Å². The van der Waals surface area contributed by atoms with Gasteiger partial charge in [-0.25, -0.2) is 0 Å². The second-order valence-electron chi connectivity index (χ2n) is 5.56. The zero-order valence-corrected chi connectivity index (χ0v) is 12.7. The third-order valence-corrected chi connectivity index (χ3v) is 3.87. The fourth-order valence-corrected chi connectivity index (χ4v) is 2.86. The number of hydrogen-bond donors (Lipinski definition) is 1. The van der Waals surface area contributed by atoms with Gasteiger partial charge in [-0.15, -0.1) is 0 Å². The first kappa shape index (κ1) is 17.6. The normalized spacial score (nSPS) is 24.9. The van der Waals surface area contributed by atoms with Crippen LogP contribution in [0, 0.1) is 0 Å². The Labute approximate surface area is 131 Å². The van der Waals surface area contributed by atoms with Crippen molar-refractivity contribution in [2.45, 2.75) is 31.5 Å². The maximum Gasteiger partial charge on any atom is 0.401 e. The minimum Gasteiger partial charge on any atom is -0.380 e. The van der Waals surface area contributed by atoms with Crippen LogP contribution in [0.25, 0.3) is 10.4 Å². The zero-order chi connectivity index (χ0) is 17.3. The van der Waals surface area contributed by atoms with Crippen molar-refractivity contribution in [3.63, 3.8) is 0 Å². The Morgan fingerprint density at radius 1 is 1.52 bits per heavy atom. The topological polar surface area (TPSA) is 81.5 Å². The quantitative estimate of drug-likeness (QED) is 0.523. The van der Waals surface area contributed by atoms with Gasteiger partial charge >= 0.3 is 6.18 Å². The molecule has 2 unspecified atom stereocenters. The average molecular weight is 330 g/mol. The smallest absolute Gasteiger partial charge is 0.380 e. The summed E-state index contributed by atoms with van der Waals surface area (Å²) in [6.07, 6.45) is -4.42. The lowest BCUT2D eigenvalue weighted by Gasteiger charge is -2.42. The van der Waals surface area contributed by atoms with Crippen LogP contribution in [0.5, 0.6) is 0 Å². The molecule has 0 spiro atoms. The summed E-state index contributed by atoms with van der Waals surface area (Å²) < 4.78 is 43.3. The first-order valence-electron chi connectivity index (χ1n) is 6.92. The van der Waals surface area contributed by atoms with Crippen LogP contribution in [-0.4, -0.2) is 36.4 Å². The molecule has 0 amide bonds. The molecule has 23 heavy (non-hydrogen) atoms. The van der Waals surface area contributed by atoms with Crippen LogP contribution < -0.4 is 0 Å². The van der Waals surface area contributed by atoms with Gasteiger partial charge in [-0.05, 0) is 29.1 Å². The standard InChI is InChI=1S/C14H17F3N4O2/c1-9-11-4-3-10(6-23-2)5-12(11)13(22,19-20-18)7-21(9)8-14(15,16)17/h3-5,9,22H,6-8H2,1-2H3. The van der Waals surface area contributed by atoms with E-state index in [9.17, 15) is 18.3 Å². The number of aliphatic hydroxyl groups is 1. The lowest BCUT2D eigenvalue weighted by atomic mass is 9.86. The fourth-order valence-electron chi connectivity index (χ4n) is 2.86. The zero-order valence-electron chi connectivity index (χ0n) is 12.7. The van der Waals surface area contributed by atoms with Crippen LogP contribution in [0.4, 0.5) is 13.2 Å². The molecule has 0 aromatic heterocycles. The molecule has 6 nitrogen and oxygen atoms in total. The molecule has 0 bridgehead atoms. The molecule has 1 aromatic rings. The number of ether oxygens (including phenoxy) is 1. The highest BCUT2D eigenvalue weighted by Crippen LogP contribution is 2.41. The third-order valence-electron chi connectivity index (χ3n) is 3.87. The van der Waals surface area contributed by atoms with Crippen molar-refractivity contribution in [2.75, 3.05) is 20.2 Å². The van der Waals surface area contributed by atoms with E-state index in [0.717, 1.165) is 10.5 Å². The van der Waals surface area contributed by atoms with Crippen LogP contribution in [0.1, 0.15) is 29.7 Å². The Kier molecular flexibility index (Phi) is 4.86. The number of methoxy groups -OCH3 is 1. The summed E-state index contributed by atoms with van der Waals surface area (Å²) in [6.45, 7) is 0.272. The molecule has 0 saturated heterocycles. The van der Waals surface area contributed by atoms with Gasteiger partial charge in [-0.2, -0.15) is 13.2 Å². The number of β-amino-alcohol motifs (C(OH)–C–C–N with tert-alkyl or cyclic N) is 1. The van der Waals surface area contributed by atoms with Crippen LogP contribution >= 0.6 is 0 Å². The Morgan fingerprint density at radius 2 is 2.22 bits per heavy atom.